The van der Waals surface area contributed by atoms with Gasteiger partial charge in [0.25, 0.3) is 0 Å². The van der Waals surface area contributed by atoms with Crippen LogP contribution in [0.4, 0.5) is 0 Å². The van der Waals surface area contributed by atoms with Crippen molar-refractivity contribution in [2.24, 2.45) is 0 Å². The Morgan fingerprint density at radius 1 is 1.32 bits per heavy atom. The molecule has 0 saturated carbocycles. The number of benzene rings is 1. The number of Topliss-reactive ketones (excluding diaryl/α,β-unsaturated/α-hetero) is 1. The molecule has 6 nitrogen and oxygen atoms in total. The molecule has 3 N–H and O–H groups in total. The van der Waals surface area contributed by atoms with E-state index in [1.54, 1.807) is 30.3 Å². The third-order valence-corrected chi connectivity index (χ3v) is 5.11. The molecule has 0 aromatic heterocycles. The van der Waals surface area contributed by atoms with Gasteiger partial charge in [-0.2, -0.15) is 0 Å². The van der Waals surface area contributed by atoms with Crippen LogP contribution in [0.15, 0.2) is 30.3 Å². The van der Waals surface area contributed by atoms with Crippen molar-refractivity contribution in [2.45, 2.75) is 16.7 Å². The van der Waals surface area contributed by atoms with Crippen molar-refractivity contribution in [3.05, 3.63) is 30.3 Å². The van der Waals surface area contributed by atoms with E-state index in [9.17, 15) is 19.8 Å². The van der Waals surface area contributed by atoms with Crippen molar-refractivity contribution in [1.29, 1.82) is 0 Å². The molecular weight excluding hydrogens is 319 g/mol. The molecule has 2 rings (SSSR count). The molecule has 1 aromatic carbocycles. The Hall–Kier alpha value is -1.24. The summed E-state index contributed by atoms with van der Waals surface area (Å²) < 4.78 is 3.09. The van der Waals surface area contributed by atoms with Gasteiger partial charge in [-0.25, -0.2) is 0 Å². The molecule has 1 saturated heterocycles. The summed E-state index contributed by atoms with van der Waals surface area (Å²) in [5.41, 5.74) is 0. The SMILES string of the molecule is O=C1OC(C(O)CO)C(=O)C1(O)[Se]c1ccccc1. The van der Waals surface area contributed by atoms with Crippen molar-refractivity contribution in [2.75, 3.05) is 6.61 Å². The van der Waals surface area contributed by atoms with E-state index in [-0.39, 0.29) is 0 Å². The second kappa shape index (κ2) is 5.40. The predicted octanol–water partition coefficient (Wildman–Crippen LogP) is -2.45. The van der Waals surface area contributed by atoms with Gasteiger partial charge in [-0.15, -0.1) is 0 Å². The summed E-state index contributed by atoms with van der Waals surface area (Å²) in [7, 11) is 0. The second-order valence-corrected chi connectivity index (χ2v) is 6.66. The van der Waals surface area contributed by atoms with Crippen LogP contribution >= 0.6 is 0 Å². The number of rotatable bonds is 4. The van der Waals surface area contributed by atoms with E-state index in [0.717, 1.165) is 0 Å². The molecule has 0 aliphatic carbocycles. The standard InChI is InChI=1S/C12H12O6Se/c13-6-8(14)9-10(15)12(17,11(16)18-9)19-7-4-2-1-3-5-7/h1-5,8-9,13-14,17H,6H2. The van der Waals surface area contributed by atoms with Crippen LogP contribution in [-0.2, 0) is 14.3 Å². The Morgan fingerprint density at radius 2 is 1.95 bits per heavy atom. The van der Waals surface area contributed by atoms with Crippen molar-refractivity contribution in [3.8, 4) is 0 Å². The number of carbonyl (C=O) groups excluding carboxylic acids is 2. The van der Waals surface area contributed by atoms with Crippen LogP contribution in [-0.4, -0.2) is 65.3 Å². The first-order chi connectivity index (χ1) is 8.99. The first kappa shape index (κ1) is 14.2. The maximum atomic E-state index is 12.0. The van der Waals surface area contributed by atoms with Gasteiger partial charge in [0.15, 0.2) is 0 Å². The maximum absolute atomic E-state index is 12.0. The van der Waals surface area contributed by atoms with Gasteiger partial charge in [0.1, 0.15) is 0 Å². The Morgan fingerprint density at radius 3 is 2.53 bits per heavy atom. The zero-order valence-electron chi connectivity index (χ0n) is 9.72. The van der Waals surface area contributed by atoms with Gasteiger partial charge >= 0.3 is 114 Å². The summed E-state index contributed by atoms with van der Waals surface area (Å²) in [6.07, 6.45) is -3.02. The first-order valence-electron chi connectivity index (χ1n) is 5.50. The summed E-state index contributed by atoms with van der Waals surface area (Å²) in [6.45, 7) is -0.724. The molecule has 0 radical (unpaired) electrons. The molecule has 1 fully saturated rings. The molecule has 0 spiro atoms. The predicted molar refractivity (Wildman–Crippen MR) is 64.8 cm³/mol. The topological polar surface area (TPSA) is 104 Å². The summed E-state index contributed by atoms with van der Waals surface area (Å²) in [5.74, 6) is -1.97. The number of aliphatic hydroxyl groups is 3. The summed E-state index contributed by atoms with van der Waals surface area (Å²) >= 11 is -0.869. The summed E-state index contributed by atoms with van der Waals surface area (Å²) in [5, 5.41) is 28.4. The van der Waals surface area contributed by atoms with Crippen molar-refractivity contribution >= 4 is 31.2 Å². The molecule has 7 heteroatoms. The number of ketones is 1. The van der Waals surface area contributed by atoms with E-state index in [2.05, 4.69) is 4.74 Å². The molecule has 102 valence electrons. The van der Waals surface area contributed by atoms with E-state index in [4.69, 9.17) is 5.11 Å². The second-order valence-electron chi connectivity index (χ2n) is 4.00. The van der Waals surface area contributed by atoms with Crippen molar-refractivity contribution in [3.63, 3.8) is 0 Å². The van der Waals surface area contributed by atoms with Crippen LogP contribution in [0, 0.1) is 0 Å². The molecule has 1 aliphatic heterocycles. The number of esters is 1. The van der Waals surface area contributed by atoms with Gasteiger partial charge in [-0.05, 0) is 0 Å². The Balaban J connectivity index is 2.23. The minimum absolute atomic E-state index is 0.655. The molecule has 3 unspecified atom stereocenters. The van der Waals surface area contributed by atoms with Crippen LogP contribution < -0.4 is 4.46 Å². The quantitative estimate of drug-likeness (QED) is 0.322. The van der Waals surface area contributed by atoms with Crippen LogP contribution in [0.25, 0.3) is 0 Å². The molecule has 1 aromatic rings. The van der Waals surface area contributed by atoms with Gasteiger partial charge in [0, 0.05) is 0 Å². The fraction of sp³-hybridized carbons (Fsp3) is 0.333. The van der Waals surface area contributed by atoms with Crippen LogP contribution in [0.2, 0.25) is 0 Å². The van der Waals surface area contributed by atoms with Gasteiger partial charge in [-0.3, -0.25) is 0 Å². The van der Waals surface area contributed by atoms with E-state index in [1.165, 1.54) is 0 Å². The number of aliphatic hydroxyl groups excluding tert-OH is 2. The number of cyclic esters (lactones) is 1. The average molecular weight is 331 g/mol. The molecule has 1 heterocycles. The van der Waals surface area contributed by atoms with Gasteiger partial charge in [-0.1, -0.05) is 0 Å². The number of hydrogen-bond donors (Lipinski definition) is 3. The van der Waals surface area contributed by atoms with E-state index in [1.807, 2.05) is 0 Å². The summed E-state index contributed by atoms with van der Waals surface area (Å²) in [6, 6.07) is 8.61. The minimum atomic E-state index is -2.24. The number of hydrogen-bond acceptors (Lipinski definition) is 6. The molecule has 3 atom stereocenters. The van der Waals surface area contributed by atoms with E-state index in [0.29, 0.717) is 4.46 Å². The van der Waals surface area contributed by atoms with Crippen LogP contribution in [0.5, 0.6) is 0 Å². The number of ether oxygens (including phenoxy) is 1. The van der Waals surface area contributed by atoms with Gasteiger partial charge < -0.3 is 0 Å². The van der Waals surface area contributed by atoms with Crippen LogP contribution in [0.1, 0.15) is 0 Å². The zero-order valence-corrected chi connectivity index (χ0v) is 11.4. The van der Waals surface area contributed by atoms with Crippen molar-refractivity contribution in [1.82, 2.24) is 0 Å². The van der Waals surface area contributed by atoms with Crippen LogP contribution in [0.3, 0.4) is 0 Å². The van der Waals surface area contributed by atoms with E-state index >= 15 is 0 Å². The summed E-state index contributed by atoms with van der Waals surface area (Å²) in [4.78, 5) is 23.7. The zero-order chi connectivity index (χ0) is 14.0. The van der Waals surface area contributed by atoms with Gasteiger partial charge in [0.05, 0.1) is 0 Å². The monoisotopic (exact) mass is 332 g/mol. The average Bonchev–Trinajstić information content (AvgIpc) is 2.64. The third kappa shape index (κ3) is 2.56. The molecule has 0 bridgehead atoms. The fourth-order valence-electron chi connectivity index (χ4n) is 1.64. The van der Waals surface area contributed by atoms with Gasteiger partial charge in [0.2, 0.25) is 0 Å². The Kier molecular flexibility index (Phi) is 4.03. The molecular formula is C12H12O6Se. The first-order valence-corrected chi connectivity index (χ1v) is 7.21. The third-order valence-electron chi connectivity index (χ3n) is 2.65. The van der Waals surface area contributed by atoms with E-state index < -0.39 is 50.0 Å². The normalized spacial score (nSPS) is 28.3. The number of carbonyl (C=O) groups is 2. The molecule has 0 amide bonds. The fourth-order valence-corrected chi connectivity index (χ4v) is 3.70. The van der Waals surface area contributed by atoms with Crippen molar-refractivity contribution < 1.29 is 29.6 Å². The Labute approximate surface area is 115 Å². The molecule has 19 heavy (non-hydrogen) atoms. The Bertz CT molecular complexity index is 490. The molecule has 1 aliphatic rings.